The monoisotopic (exact) mass is 293 g/mol. The van der Waals surface area contributed by atoms with Gasteiger partial charge in [0, 0.05) is 12.0 Å². The Hall–Kier alpha value is -0.900. The Labute approximate surface area is 128 Å². The van der Waals surface area contributed by atoms with Crippen LogP contribution in [0.3, 0.4) is 0 Å². The average molecular weight is 293 g/mol. The number of nitrogens with zero attached hydrogens (tertiary/aromatic N) is 2. The molecule has 0 radical (unpaired) electrons. The zero-order chi connectivity index (χ0) is 15.6. The summed E-state index contributed by atoms with van der Waals surface area (Å²) in [6.07, 6.45) is 4.94. The lowest BCUT2D eigenvalue weighted by Gasteiger charge is -2.29. The second-order valence-electron chi connectivity index (χ2n) is 7.48. The molecule has 0 saturated heterocycles. The summed E-state index contributed by atoms with van der Waals surface area (Å²) >= 11 is 0. The minimum atomic E-state index is 0.0370. The van der Waals surface area contributed by atoms with E-state index in [1.807, 2.05) is 6.92 Å². The molecule has 0 bridgehead atoms. The van der Waals surface area contributed by atoms with Crippen molar-refractivity contribution in [1.29, 1.82) is 0 Å². The highest BCUT2D eigenvalue weighted by atomic mass is 16.5. The molecule has 0 amide bonds. The van der Waals surface area contributed by atoms with Crippen molar-refractivity contribution >= 4 is 0 Å². The summed E-state index contributed by atoms with van der Waals surface area (Å²) in [7, 11) is 0. The van der Waals surface area contributed by atoms with E-state index in [9.17, 15) is 0 Å². The molecule has 0 aromatic carbocycles. The lowest BCUT2D eigenvalue weighted by Crippen LogP contribution is -2.28. The molecule has 2 atom stereocenters. The van der Waals surface area contributed by atoms with Crippen molar-refractivity contribution in [3.8, 4) is 0 Å². The Morgan fingerprint density at radius 1 is 1.05 bits per heavy atom. The van der Waals surface area contributed by atoms with Crippen LogP contribution in [0, 0.1) is 17.8 Å². The van der Waals surface area contributed by atoms with Crippen molar-refractivity contribution in [1.82, 2.24) is 10.1 Å². The molecule has 2 N–H and O–H groups in total. The van der Waals surface area contributed by atoms with Crippen LogP contribution >= 0.6 is 0 Å². The molecular formula is C17H31N3O. The Morgan fingerprint density at radius 2 is 1.67 bits per heavy atom. The Kier molecular flexibility index (Phi) is 5.42. The molecule has 2 rings (SSSR count). The normalized spacial score (nSPS) is 26.3. The van der Waals surface area contributed by atoms with Crippen LogP contribution in [0.5, 0.6) is 0 Å². The first-order valence-electron chi connectivity index (χ1n) is 8.49. The molecular weight excluding hydrogens is 262 g/mol. The Balaban J connectivity index is 2.03. The van der Waals surface area contributed by atoms with Crippen molar-refractivity contribution in [2.75, 3.05) is 0 Å². The first kappa shape index (κ1) is 16.5. The minimum Gasteiger partial charge on any atom is -0.339 e. The van der Waals surface area contributed by atoms with Gasteiger partial charge in [0.05, 0.1) is 5.92 Å². The van der Waals surface area contributed by atoms with E-state index in [0.717, 1.165) is 23.6 Å². The van der Waals surface area contributed by atoms with E-state index in [0.29, 0.717) is 11.8 Å². The van der Waals surface area contributed by atoms with E-state index in [1.165, 1.54) is 25.7 Å². The summed E-state index contributed by atoms with van der Waals surface area (Å²) in [5.41, 5.74) is 6.08. The third kappa shape index (κ3) is 3.85. The maximum Gasteiger partial charge on any atom is 0.231 e. The van der Waals surface area contributed by atoms with Crippen molar-refractivity contribution in [2.45, 2.75) is 78.2 Å². The van der Waals surface area contributed by atoms with Gasteiger partial charge in [-0.2, -0.15) is 4.98 Å². The number of rotatable bonds is 5. The van der Waals surface area contributed by atoms with Crippen LogP contribution in [-0.4, -0.2) is 16.2 Å². The molecule has 1 aromatic heterocycles. The Morgan fingerprint density at radius 3 is 2.14 bits per heavy atom. The SMILES string of the molecule is CC(C)C1CCC(c2noc(C(C(C)C)C(C)N)n2)CC1. The van der Waals surface area contributed by atoms with E-state index in [1.54, 1.807) is 0 Å². The fourth-order valence-electron chi connectivity index (χ4n) is 3.71. The van der Waals surface area contributed by atoms with Crippen molar-refractivity contribution in [3.05, 3.63) is 11.7 Å². The van der Waals surface area contributed by atoms with Gasteiger partial charge in [-0.3, -0.25) is 0 Å². The highest BCUT2D eigenvalue weighted by molar-refractivity contribution is 5.03. The van der Waals surface area contributed by atoms with Crippen LogP contribution in [0.4, 0.5) is 0 Å². The predicted octanol–water partition coefficient (Wildman–Crippen LogP) is 4.09. The summed E-state index contributed by atoms with van der Waals surface area (Å²) in [4.78, 5) is 4.69. The number of aromatic nitrogens is 2. The summed E-state index contributed by atoms with van der Waals surface area (Å²) in [6, 6.07) is 0.0370. The highest BCUT2D eigenvalue weighted by Crippen LogP contribution is 2.38. The molecule has 1 saturated carbocycles. The van der Waals surface area contributed by atoms with Gasteiger partial charge in [-0.1, -0.05) is 32.9 Å². The number of hydrogen-bond acceptors (Lipinski definition) is 4. The Bertz CT molecular complexity index is 423. The van der Waals surface area contributed by atoms with Crippen LogP contribution in [0.1, 0.15) is 83.9 Å². The quantitative estimate of drug-likeness (QED) is 0.888. The van der Waals surface area contributed by atoms with Gasteiger partial charge in [0.1, 0.15) is 0 Å². The zero-order valence-electron chi connectivity index (χ0n) is 14.2. The fraction of sp³-hybridized carbons (Fsp3) is 0.882. The molecule has 1 heterocycles. The van der Waals surface area contributed by atoms with Gasteiger partial charge in [0.25, 0.3) is 0 Å². The second-order valence-corrected chi connectivity index (χ2v) is 7.48. The van der Waals surface area contributed by atoms with E-state index in [2.05, 4.69) is 37.8 Å². The third-order valence-corrected chi connectivity index (χ3v) is 5.11. The molecule has 1 aromatic rings. The third-order valence-electron chi connectivity index (χ3n) is 5.11. The average Bonchev–Trinajstić information content (AvgIpc) is 2.87. The molecule has 1 fully saturated rings. The van der Waals surface area contributed by atoms with E-state index in [-0.39, 0.29) is 12.0 Å². The largest absolute Gasteiger partial charge is 0.339 e. The smallest absolute Gasteiger partial charge is 0.231 e. The van der Waals surface area contributed by atoms with Crippen molar-refractivity contribution in [3.63, 3.8) is 0 Å². The van der Waals surface area contributed by atoms with Gasteiger partial charge >= 0.3 is 0 Å². The standard InChI is InChI=1S/C17H31N3O/c1-10(2)13-6-8-14(9-7-13)16-19-17(21-20-16)15(11(3)4)12(5)18/h10-15H,6-9,18H2,1-5H3. The number of nitrogens with two attached hydrogens (primary N) is 1. The maximum atomic E-state index is 6.08. The topological polar surface area (TPSA) is 64.9 Å². The number of hydrogen-bond donors (Lipinski definition) is 1. The summed E-state index contributed by atoms with van der Waals surface area (Å²) in [5.74, 6) is 4.31. The summed E-state index contributed by atoms with van der Waals surface area (Å²) in [5, 5.41) is 4.25. The summed E-state index contributed by atoms with van der Waals surface area (Å²) < 4.78 is 5.54. The predicted molar refractivity (Wildman–Crippen MR) is 85.1 cm³/mol. The van der Waals surface area contributed by atoms with E-state index < -0.39 is 0 Å². The van der Waals surface area contributed by atoms with Gasteiger partial charge in [-0.25, -0.2) is 0 Å². The van der Waals surface area contributed by atoms with Gasteiger partial charge in [0.15, 0.2) is 5.82 Å². The molecule has 2 unspecified atom stereocenters. The van der Waals surface area contributed by atoms with Crippen molar-refractivity contribution < 1.29 is 4.52 Å². The lowest BCUT2D eigenvalue weighted by atomic mass is 9.77. The molecule has 4 heteroatoms. The molecule has 21 heavy (non-hydrogen) atoms. The molecule has 0 spiro atoms. The first-order valence-corrected chi connectivity index (χ1v) is 8.49. The maximum absolute atomic E-state index is 6.08. The van der Waals surface area contributed by atoms with Gasteiger partial charge < -0.3 is 10.3 Å². The van der Waals surface area contributed by atoms with E-state index >= 15 is 0 Å². The van der Waals surface area contributed by atoms with Crippen LogP contribution in [0.25, 0.3) is 0 Å². The molecule has 4 nitrogen and oxygen atoms in total. The second kappa shape index (κ2) is 6.91. The minimum absolute atomic E-state index is 0.0370. The highest BCUT2D eigenvalue weighted by Gasteiger charge is 2.30. The molecule has 1 aliphatic rings. The van der Waals surface area contributed by atoms with Crippen LogP contribution in [0.2, 0.25) is 0 Å². The molecule has 120 valence electrons. The van der Waals surface area contributed by atoms with Crippen LogP contribution in [-0.2, 0) is 0 Å². The zero-order valence-corrected chi connectivity index (χ0v) is 14.2. The lowest BCUT2D eigenvalue weighted by molar-refractivity contribution is 0.250. The van der Waals surface area contributed by atoms with Gasteiger partial charge in [0.2, 0.25) is 5.89 Å². The van der Waals surface area contributed by atoms with E-state index in [4.69, 9.17) is 10.3 Å². The fourth-order valence-corrected chi connectivity index (χ4v) is 3.71. The van der Waals surface area contributed by atoms with Crippen LogP contribution in [0.15, 0.2) is 4.52 Å². The summed E-state index contributed by atoms with van der Waals surface area (Å²) in [6.45, 7) is 11.0. The van der Waals surface area contributed by atoms with Gasteiger partial charge in [-0.15, -0.1) is 0 Å². The van der Waals surface area contributed by atoms with Crippen molar-refractivity contribution in [2.24, 2.45) is 23.5 Å². The molecule has 1 aliphatic carbocycles. The van der Waals surface area contributed by atoms with Crippen LogP contribution < -0.4 is 5.73 Å². The first-order chi connectivity index (χ1) is 9.90. The molecule has 0 aliphatic heterocycles. The van der Waals surface area contributed by atoms with Gasteiger partial charge in [-0.05, 0) is 50.4 Å².